The second-order valence-electron chi connectivity index (χ2n) is 5.17. The van der Waals surface area contributed by atoms with Gasteiger partial charge in [0.2, 0.25) is 0 Å². The van der Waals surface area contributed by atoms with E-state index in [4.69, 9.17) is 34.5 Å². The Hall–Kier alpha value is -1.75. The third kappa shape index (κ3) is 6.04. The lowest BCUT2D eigenvalue weighted by Gasteiger charge is -2.43. The Morgan fingerprint density at radius 1 is 1.04 bits per heavy atom. The van der Waals surface area contributed by atoms with Crippen molar-refractivity contribution < 1.29 is 43.2 Å². The molecule has 10 nitrogen and oxygen atoms in total. The molecule has 0 radical (unpaired) electrons. The monoisotopic (exact) mass is 349 g/mol. The highest BCUT2D eigenvalue weighted by molar-refractivity contribution is 5.67. The van der Waals surface area contributed by atoms with Crippen molar-refractivity contribution in [2.24, 2.45) is 5.73 Å². The van der Waals surface area contributed by atoms with Crippen molar-refractivity contribution in [3.63, 3.8) is 0 Å². The van der Waals surface area contributed by atoms with E-state index in [2.05, 4.69) is 0 Å². The van der Waals surface area contributed by atoms with E-state index < -0.39 is 48.6 Å². The quantitative estimate of drug-likeness (QED) is 0.410. The minimum absolute atomic E-state index is 0.0658. The maximum Gasteiger partial charge on any atom is 0.303 e. The summed E-state index contributed by atoms with van der Waals surface area (Å²) in [7, 11) is 0. The lowest BCUT2D eigenvalue weighted by atomic mass is 9.97. The molecule has 3 N–H and O–H groups in total. The first-order chi connectivity index (χ1) is 11.3. The fourth-order valence-corrected chi connectivity index (χ4v) is 2.25. The molecule has 0 amide bonds. The standard InChI is InChI=1S/C14H23NO9/c1-7(17)21-6-10-12(22-8(2)18)13(23-9(3)19)11(15)14(24-10)20-5-4-16/h10-14,16H,4-6,15H2,1-3H3. The van der Waals surface area contributed by atoms with Gasteiger partial charge in [0.1, 0.15) is 12.7 Å². The van der Waals surface area contributed by atoms with Gasteiger partial charge in [0.05, 0.1) is 19.3 Å². The lowest BCUT2D eigenvalue weighted by molar-refractivity contribution is -0.274. The van der Waals surface area contributed by atoms with Crippen LogP contribution in [0.4, 0.5) is 0 Å². The summed E-state index contributed by atoms with van der Waals surface area (Å²) in [5.74, 6) is -1.84. The molecule has 0 aliphatic carbocycles. The highest BCUT2D eigenvalue weighted by Gasteiger charge is 2.49. The highest BCUT2D eigenvalue weighted by atomic mass is 16.7. The number of aliphatic hydroxyl groups is 1. The van der Waals surface area contributed by atoms with E-state index in [0.717, 1.165) is 0 Å². The SMILES string of the molecule is CC(=O)OCC1OC(OCCO)C(N)C(OC(C)=O)C1OC(C)=O. The normalized spacial score (nSPS) is 29.6. The van der Waals surface area contributed by atoms with Crippen molar-refractivity contribution in [2.45, 2.75) is 51.4 Å². The molecule has 1 saturated heterocycles. The van der Waals surface area contributed by atoms with Crippen molar-refractivity contribution in [2.75, 3.05) is 19.8 Å². The average molecular weight is 349 g/mol. The molecule has 5 unspecified atom stereocenters. The first kappa shape index (κ1) is 20.3. The molecule has 0 spiro atoms. The van der Waals surface area contributed by atoms with Gasteiger partial charge in [-0.2, -0.15) is 0 Å². The number of rotatable bonds is 7. The Bertz CT molecular complexity index is 456. The van der Waals surface area contributed by atoms with E-state index in [1.54, 1.807) is 0 Å². The third-order valence-electron chi connectivity index (χ3n) is 3.12. The van der Waals surface area contributed by atoms with Crippen molar-refractivity contribution >= 4 is 17.9 Å². The number of carbonyl (C=O) groups excluding carboxylic acids is 3. The second kappa shape index (κ2) is 9.52. The van der Waals surface area contributed by atoms with Gasteiger partial charge < -0.3 is 34.5 Å². The van der Waals surface area contributed by atoms with Crippen LogP contribution in [0.25, 0.3) is 0 Å². The Morgan fingerprint density at radius 2 is 1.62 bits per heavy atom. The summed E-state index contributed by atoms with van der Waals surface area (Å²) >= 11 is 0. The van der Waals surface area contributed by atoms with Gasteiger partial charge in [-0.3, -0.25) is 14.4 Å². The van der Waals surface area contributed by atoms with Crippen LogP contribution < -0.4 is 5.73 Å². The van der Waals surface area contributed by atoms with Gasteiger partial charge in [-0.15, -0.1) is 0 Å². The molecule has 1 rings (SSSR count). The van der Waals surface area contributed by atoms with E-state index in [1.807, 2.05) is 0 Å². The van der Waals surface area contributed by atoms with Crippen LogP contribution in [-0.4, -0.2) is 73.5 Å². The predicted molar refractivity (Wildman–Crippen MR) is 77.4 cm³/mol. The largest absolute Gasteiger partial charge is 0.463 e. The Balaban J connectivity index is 3.01. The van der Waals surface area contributed by atoms with Gasteiger partial charge in [0, 0.05) is 20.8 Å². The van der Waals surface area contributed by atoms with Gasteiger partial charge in [-0.1, -0.05) is 0 Å². The minimum Gasteiger partial charge on any atom is -0.463 e. The van der Waals surface area contributed by atoms with Gasteiger partial charge >= 0.3 is 17.9 Å². The molecule has 0 aromatic carbocycles. The summed E-state index contributed by atoms with van der Waals surface area (Å²) in [6.45, 7) is 2.97. The molecule has 1 heterocycles. The van der Waals surface area contributed by atoms with E-state index in [0.29, 0.717) is 0 Å². The number of aliphatic hydroxyl groups excluding tert-OH is 1. The number of carbonyl (C=O) groups is 3. The molecular formula is C14H23NO9. The lowest BCUT2D eigenvalue weighted by Crippen LogP contribution is -2.64. The van der Waals surface area contributed by atoms with E-state index >= 15 is 0 Å². The van der Waals surface area contributed by atoms with E-state index in [1.165, 1.54) is 20.8 Å². The molecule has 0 aromatic heterocycles. The van der Waals surface area contributed by atoms with E-state index in [9.17, 15) is 14.4 Å². The molecule has 0 bridgehead atoms. The summed E-state index contributed by atoms with van der Waals surface area (Å²) in [5.41, 5.74) is 5.99. The van der Waals surface area contributed by atoms with Gasteiger partial charge in [0.25, 0.3) is 0 Å². The van der Waals surface area contributed by atoms with Crippen LogP contribution in [0.1, 0.15) is 20.8 Å². The molecule has 5 atom stereocenters. The van der Waals surface area contributed by atoms with E-state index in [-0.39, 0.29) is 19.8 Å². The summed E-state index contributed by atoms with van der Waals surface area (Å²) in [5, 5.41) is 8.86. The number of nitrogens with two attached hydrogens (primary N) is 1. The van der Waals surface area contributed by atoms with Crippen molar-refractivity contribution in [3.8, 4) is 0 Å². The highest BCUT2D eigenvalue weighted by Crippen LogP contribution is 2.26. The topological polar surface area (TPSA) is 144 Å². The molecule has 1 aliphatic rings. The summed E-state index contributed by atoms with van der Waals surface area (Å²) in [6, 6.07) is -0.974. The van der Waals surface area contributed by atoms with Crippen molar-refractivity contribution in [3.05, 3.63) is 0 Å². The van der Waals surface area contributed by atoms with Crippen LogP contribution in [0, 0.1) is 0 Å². The molecule has 1 fully saturated rings. The average Bonchev–Trinajstić information content (AvgIpc) is 2.48. The summed E-state index contributed by atoms with van der Waals surface area (Å²) in [6.07, 6.45) is -4.14. The number of esters is 3. The van der Waals surface area contributed by atoms with Crippen LogP contribution in [0.3, 0.4) is 0 Å². The number of ether oxygens (including phenoxy) is 5. The smallest absolute Gasteiger partial charge is 0.303 e. The van der Waals surface area contributed by atoms with Crippen LogP contribution in [0.2, 0.25) is 0 Å². The van der Waals surface area contributed by atoms with Gasteiger partial charge in [-0.25, -0.2) is 0 Å². The minimum atomic E-state index is -1.07. The Morgan fingerprint density at radius 3 is 2.12 bits per heavy atom. The molecule has 10 heteroatoms. The summed E-state index contributed by atoms with van der Waals surface area (Å²) < 4.78 is 26.1. The first-order valence-corrected chi connectivity index (χ1v) is 7.37. The fraction of sp³-hybridized carbons (Fsp3) is 0.786. The predicted octanol–water partition coefficient (Wildman–Crippen LogP) is -1.53. The summed E-state index contributed by atoms with van der Waals surface area (Å²) in [4.78, 5) is 33.7. The van der Waals surface area contributed by atoms with Crippen molar-refractivity contribution in [1.82, 2.24) is 0 Å². The molecule has 0 aromatic rings. The molecule has 1 aliphatic heterocycles. The van der Waals surface area contributed by atoms with Crippen molar-refractivity contribution in [1.29, 1.82) is 0 Å². The first-order valence-electron chi connectivity index (χ1n) is 7.37. The molecule has 0 saturated carbocycles. The Kier molecular flexibility index (Phi) is 8.05. The van der Waals surface area contributed by atoms with Gasteiger partial charge in [0.15, 0.2) is 18.5 Å². The number of hydrogen-bond donors (Lipinski definition) is 2. The zero-order valence-corrected chi connectivity index (χ0v) is 13.8. The zero-order chi connectivity index (χ0) is 18.3. The molecule has 24 heavy (non-hydrogen) atoms. The third-order valence-corrected chi connectivity index (χ3v) is 3.12. The molecular weight excluding hydrogens is 326 g/mol. The fourth-order valence-electron chi connectivity index (χ4n) is 2.25. The van der Waals surface area contributed by atoms with Crippen LogP contribution in [-0.2, 0) is 38.1 Å². The van der Waals surface area contributed by atoms with Crippen LogP contribution >= 0.6 is 0 Å². The Labute approximate surface area is 139 Å². The molecule has 138 valence electrons. The van der Waals surface area contributed by atoms with Crippen LogP contribution in [0.5, 0.6) is 0 Å². The van der Waals surface area contributed by atoms with Crippen LogP contribution in [0.15, 0.2) is 0 Å². The van der Waals surface area contributed by atoms with Gasteiger partial charge in [-0.05, 0) is 0 Å². The zero-order valence-electron chi connectivity index (χ0n) is 13.8. The maximum atomic E-state index is 11.4. The maximum absolute atomic E-state index is 11.4. The second-order valence-corrected chi connectivity index (χ2v) is 5.17. The number of hydrogen-bond acceptors (Lipinski definition) is 10.